The van der Waals surface area contributed by atoms with Crippen molar-refractivity contribution in [1.82, 2.24) is 4.90 Å². The molecule has 1 aromatic carbocycles. The molecule has 0 saturated carbocycles. The van der Waals surface area contributed by atoms with E-state index in [0.29, 0.717) is 11.7 Å². The Morgan fingerprint density at radius 3 is 2.65 bits per heavy atom. The summed E-state index contributed by atoms with van der Waals surface area (Å²) in [4.78, 5) is 3.77. The van der Waals surface area contributed by atoms with Gasteiger partial charge in [-0.25, -0.2) is 17.9 Å². The summed E-state index contributed by atoms with van der Waals surface area (Å²) in [5.41, 5.74) is 0.696. The zero-order chi connectivity index (χ0) is 14.9. The van der Waals surface area contributed by atoms with Crippen LogP contribution in [-0.2, 0) is 10.0 Å². The van der Waals surface area contributed by atoms with Gasteiger partial charge in [-0.15, -0.1) is 0 Å². The van der Waals surface area contributed by atoms with E-state index in [4.69, 9.17) is 5.14 Å². The van der Waals surface area contributed by atoms with Gasteiger partial charge >= 0.3 is 0 Å². The topological polar surface area (TPSA) is 66.6 Å². The summed E-state index contributed by atoms with van der Waals surface area (Å²) in [6.07, 6.45) is 2.14. The van der Waals surface area contributed by atoms with E-state index in [9.17, 15) is 12.8 Å². The number of sulfonamides is 1. The molecule has 2 rings (SSSR count). The van der Waals surface area contributed by atoms with Gasteiger partial charge in [0.05, 0.1) is 0 Å². The second-order valence-electron chi connectivity index (χ2n) is 5.37. The molecular formula is C13H20FN3O2S. The van der Waals surface area contributed by atoms with Gasteiger partial charge in [0.1, 0.15) is 10.7 Å². The Morgan fingerprint density at radius 1 is 1.40 bits per heavy atom. The number of rotatable bonds is 3. The molecule has 1 fully saturated rings. The minimum absolute atomic E-state index is 0.421. The molecule has 7 heteroatoms. The molecule has 1 aliphatic rings. The first kappa shape index (κ1) is 15.2. The maximum Gasteiger partial charge on any atom is 0.240 e. The van der Waals surface area contributed by atoms with Crippen LogP contribution in [0.15, 0.2) is 23.1 Å². The van der Waals surface area contributed by atoms with Gasteiger partial charge in [0.25, 0.3) is 0 Å². The van der Waals surface area contributed by atoms with Crippen molar-refractivity contribution in [3.63, 3.8) is 0 Å². The highest BCUT2D eigenvalue weighted by atomic mass is 32.2. The van der Waals surface area contributed by atoms with Crippen LogP contribution in [0.2, 0.25) is 0 Å². The minimum atomic E-state index is -4.01. The fourth-order valence-corrected chi connectivity index (χ4v) is 3.12. The van der Waals surface area contributed by atoms with Crippen LogP contribution in [0, 0.1) is 5.82 Å². The predicted molar refractivity (Wildman–Crippen MR) is 76.7 cm³/mol. The number of halogens is 1. The van der Waals surface area contributed by atoms with E-state index in [2.05, 4.69) is 9.80 Å². The van der Waals surface area contributed by atoms with Gasteiger partial charge in [-0.2, -0.15) is 0 Å². The van der Waals surface area contributed by atoms with E-state index in [-0.39, 0.29) is 0 Å². The third-order valence-corrected chi connectivity index (χ3v) is 4.66. The van der Waals surface area contributed by atoms with E-state index in [1.54, 1.807) is 6.07 Å². The molecule has 0 aromatic heterocycles. The van der Waals surface area contributed by atoms with E-state index >= 15 is 0 Å². The molecule has 112 valence electrons. The van der Waals surface area contributed by atoms with Crippen molar-refractivity contribution in [2.45, 2.75) is 23.8 Å². The van der Waals surface area contributed by atoms with Gasteiger partial charge in [-0.3, -0.25) is 0 Å². The molecule has 1 aliphatic heterocycles. The number of nitrogens with two attached hydrogens (primary N) is 1. The lowest BCUT2D eigenvalue weighted by molar-refractivity contribution is 0.258. The summed E-state index contributed by atoms with van der Waals surface area (Å²) in [7, 11) is 0.0463. The monoisotopic (exact) mass is 301 g/mol. The molecule has 0 spiro atoms. The Labute approximate surface area is 119 Å². The average Bonchev–Trinajstić information content (AvgIpc) is 2.37. The number of primary sulfonamides is 1. The van der Waals surface area contributed by atoms with Gasteiger partial charge in [0.2, 0.25) is 10.0 Å². The number of anilines is 1. The van der Waals surface area contributed by atoms with E-state index in [0.717, 1.165) is 25.9 Å². The van der Waals surface area contributed by atoms with Crippen molar-refractivity contribution in [1.29, 1.82) is 0 Å². The highest BCUT2D eigenvalue weighted by Crippen LogP contribution is 2.25. The first-order valence-electron chi connectivity index (χ1n) is 6.53. The molecule has 5 nitrogen and oxygen atoms in total. The van der Waals surface area contributed by atoms with Crippen LogP contribution in [0.1, 0.15) is 12.8 Å². The number of nitrogens with zero attached hydrogens (tertiary/aromatic N) is 2. The predicted octanol–water partition coefficient (Wildman–Crippen LogP) is 1.00. The fraction of sp³-hybridized carbons (Fsp3) is 0.538. The van der Waals surface area contributed by atoms with Gasteiger partial charge in [0, 0.05) is 24.8 Å². The second kappa shape index (κ2) is 5.67. The van der Waals surface area contributed by atoms with E-state index in [1.165, 1.54) is 12.1 Å². The Bertz CT molecular complexity index is 589. The molecule has 1 atom stereocenters. The largest absolute Gasteiger partial charge is 0.370 e. The number of likely N-dealkylation sites (N-methyl/N-ethyl adjacent to an activating group) is 1. The minimum Gasteiger partial charge on any atom is -0.370 e. The van der Waals surface area contributed by atoms with Crippen LogP contribution >= 0.6 is 0 Å². The average molecular weight is 301 g/mol. The lowest BCUT2D eigenvalue weighted by Crippen LogP contribution is -2.45. The molecule has 0 amide bonds. The Hall–Kier alpha value is -1.18. The first-order valence-corrected chi connectivity index (χ1v) is 8.07. The zero-order valence-corrected chi connectivity index (χ0v) is 12.5. The summed E-state index contributed by atoms with van der Waals surface area (Å²) in [6, 6.07) is 4.52. The van der Waals surface area contributed by atoms with Gasteiger partial charge in [0.15, 0.2) is 0 Å². The van der Waals surface area contributed by atoms with Gasteiger partial charge < -0.3 is 9.80 Å². The number of hydrogen-bond acceptors (Lipinski definition) is 4. The molecule has 1 heterocycles. The second-order valence-corrected chi connectivity index (χ2v) is 6.90. The van der Waals surface area contributed by atoms with Crippen molar-refractivity contribution in [3.8, 4) is 0 Å². The highest BCUT2D eigenvalue weighted by Gasteiger charge is 2.23. The van der Waals surface area contributed by atoms with Crippen LogP contribution in [0.25, 0.3) is 0 Å². The van der Waals surface area contributed by atoms with Crippen molar-refractivity contribution in [2.75, 3.05) is 32.1 Å². The maximum absolute atomic E-state index is 13.9. The van der Waals surface area contributed by atoms with Crippen molar-refractivity contribution in [2.24, 2.45) is 5.14 Å². The zero-order valence-electron chi connectivity index (χ0n) is 11.7. The van der Waals surface area contributed by atoms with Crippen LogP contribution in [0.3, 0.4) is 0 Å². The maximum atomic E-state index is 13.9. The highest BCUT2D eigenvalue weighted by molar-refractivity contribution is 7.89. The number of hydrogen-bond donors (Lipinski definition) is 1. The van der Waals surface area contributed by atoms with Gasteiger partial charge in [-0.05, 0) is 45.1 Å². The Kier molecular flexibility index (Phi) is 4.31. The molecule has 1 aromatic rings. The quantitative estimate of drug-likeness (QED) is 0.904. The standard InChI is InChI=1S/C13H20FN3O2S/c1-16(2)11-4-3-7-17(9-11)10-5-6-13(12(14)8-10)20(15,18)19/h5-6,8,11H,3-4,7,9H2,1-2H3,(H2,15,18,19). The Balaban J connectivity index is 2.24. The summed E-state index contributed by atoms with van der Waals surface area (Å²) < 4.78 is 36.3. The normalized spacial score (nSPS) is 20.4. The van der Waals surface area contributed by atoms with Crippen LogP contribution in [0.4, 0.5) is 10.1 Å². The summed E-state index contributed by atoms with van der Waals surface area (Å²) >= 11 is 0. The summed E-state index contributed by atoms with van der Waals surface area (Å²) in [5.74, 6) is -0.794. The molecule has 0 aliphatic carbocycles. The van der Waals surface area contributed by atoms with Crippen LogP contribution < -0.4 is 10.0 Å². The SMILES string of the molecule is CN(C)C1CCCN(c2ccc(S(N)(=O)=O)c(F)c2)C1. The third-order valence-electron chi connectivity index (χ3n) is 3.71. The molecule has 0 bridgehead atoms. The summed E-state index contributed by atoms with van der Waals surface area (Å²) in [6.45, 7) is 1.65. The summed E-state index contributed by atoms with van der Waals surface area (Å²) in [5, 5.41) is 4.96. The molecule has 0 radical (unpaired) electrons. The van der Waals surface area contributed by atoms with Crippen LogP contribution in [0.5, 0.6) is 0 Å². The van der Waals surface area contributed by atoms with E-state index in [1.807, 2.05) is 14.1 Å². The smallest absolute Gasteiger partial charge is 0.240 e. The first-order chi connectivity index (χ1) is 9.29. The molecule has 1 unspecified atom stereocenters. The number of piperidine rings is 1. The third kappa shape index (κ3) is 3.28. The number of benzene rings is 1. The molecule has 2 N–H and O–H groups in total. The molecule has 1 saturated heterocycles. The van der Waals surface area contributed by atoms with Crippen LogP contribution in [-0.4, -0.2) is 46.5 Å². The van der Waals surface area contributed by atoms with E-state index < -0.39 is 20.7 Å². The van der Waals surface area contributed by atoms with Crippen molar-refractivity contribution >= 4 is 15.7 Å². The Morgan fingerprint density at radius 2 is 2.10 bits per heavy atom. The fourth-order valence-electron chi connectivity index (χ4n) is 2.53. The lowest BCUT2D eigenvalue weighted by atomic mass is 10.0. The molecule has 20 heavy (non-hydrogen) atoms. The lowest BCUT2D eigenvalue weighted by Gasteiger charge is -2.37. The van der Waals surface area contributed by atoms with Gasteiger partial charge in [-0.1, -0.05) is 0 Å². The van der Waals surface area contributed by atoms with Crippen molar-refractivity contribution in [3.05, 3.63) is 24.0 Å². The van der Waals surface area contributed by atoms with Crippen molar-refractivity contribution < 1.29 is 12.8 Å². The molecular weight excluding hydrogens is 281 g/mol.